The Balaban J connectivity index is 1.45. The molecule has 6 heterocycles. The van der Waals surface area contributed by atoms with Crippen molar-refractivity contribution in [2.24, 2.45) is 0 Å². The van der Waals surface area contributed by atoms with Gasteiger partial charge in [-0.1, -0.05) is 6.07 Å². The highest BCUT2D eigenvalue weighted by Gasteiger charge is 2.17. The van der Waals surface area contributed by atoms with Crippen LogP contribution in [0.3, 0.4) is 0 Å². The lowest BCUT2D eigenvalue weighted by molar-refractivity contribution is 0.898. The van der Waals surface area contributed by atoms with Gasteiger partial charge in [0.1, 0.15) is 11.2 Å². The van der Waals surface area contributed by atoms with E-state index in [1.54, 1.807) is 24.8 Å². The average Bonchev–Trinajstić information content (AvgIpc) is 3.48. The fourth-order valence-electron chi connectivity index (χ4n) is 4.03. The monoisotopic (exact) mass is 447 g/mol. The van der Waals surface area contributed by atoms with Gasteiger partial charge in [0.15, 0.2) is 11.5 Å². The first-order valence-corrected chi connectivity index (χ1v) is 11.0. The van der Waals surface area contributed by atoms with Crippen LogP contribution in [0.1, 0.15) is 13.8 Å². The molecule has 0 amide bonds. The summed E-state index contributed by atoms with van der Waals surface area (Å²) < 4.78 is 0. The molecular formula is C25H21N9. The number of aromatic amines is 2. The number of anilines is 1. The topological polar surface area (TPSA) is 121 Å². The number of hydrogen-bond acceptors (Lipinski definition) is 7. The summed E-state index contributed by atoms with van der Waals surface area (Å²) in [6, 6.07) is 8.34. The highest BCUT2D eigenvalue weighted by atomic mass is 15.2. The number of nitrogens with one attached hydrogen (secondary N) is 3. The first-order valence-electron chi connectivity index (χ1n) is 11.0. The minimum atomic E-state index is 0.317. The smallest absolute Gasteiger partial charge is 0.159 e. The van der Waals surface area contributed by atoms with Crippen LogP contribution in [0.2, 0.25) is 0 Å². The Labute approximate surface area is 194 Å². The lowest BCUT2D eigenvalue weighted by Gasteiger charge is -2.10. The van der Waals surface area contributed by atoms with Gasteiger partial charge in [0.25, 0.3) is 0 Å². The van der Waals surface area contributed by atoms with E-state index < -0.39 is 0 Å². The summed E-state index contributed by atoms with van der Waals surface area (Å²) in [7, 11) is 0. The zero-order chi connectivity index (χ0) is 23.1. The van der Waals surface area contributed by atoms with E-state index >= 15 is 0 Å². The predicted octanol–water partition coefficient (Wildman–Crippen LogP) is 4.84. The zero-order valence-corrected chi connectivity index (χ0v) is 18.6. The van der Waals surface area contributed by atoms with Crippen molar-refractivity contribution >= 4 is 27.8 Å². The van der Waals surface area contributed by atoms with Crippen molar-refractivity contribution in [1.29, 1.82) is 0 Å². The standard InChI is InChI=1S/C25H21N9/c1-14(2)30-18-6-16(9-27-11-18)17-7-19-23(33-34-24(19)29-10-17)25-31-21-13-28-12-20(22(21)32-25)15-4-3-5-26-8-15/h3-14,30H,1-2H3,(H,31,32)(H,29,33,34). The van der Waals surface area contributed by atoms with Gasteiger partial charge in [-0.3, -0.25) is 20.1 Å². The lowest BCUT2D eigenvalue weighted by atomic mass is 10.1. The molecule has 0 saturated carbocycles. The summed E-state index contributed by atoms with van der Waals surface area (Å²) in [5.41, 5.74) is 7.78. The number of aromatic nitrogens is 8. The number of hydrogen-bond donors (Lipinski definition) is 3. The van der Waals surface area contributed by atoms with Gasteiger partial charge in [-0.25, -0.2) is 9.97 Å². The van der Waals surface area contributed by atoms with Crippen LogP contribution in [0.15, 0.2) is 67.6 Å². The van der Waals surface area contributed by atoms with Crippen LogP contribution in [0.25, 0.3) is 55.8 Å². The second kappa shape index (κ2) is 8.04. The molecule has 0 aliphatic heterocycles. The molecule has 0 unspecified atom stereocenters. The van der Waals surface area contributed by atoms with E-state index in [1.165, 1.54) is 0 Å². The highest BCUT2D eigenvalue weighted by molar-refractivity contribution is 5.96. The van der Waals surface area contributed by atoms with E-state index in [0.717, 1.165) is 44.4 Å². The van der Waals surface area contributed by atoms with Crippen molar-refractivity contribution in [2.45, 2.75) is 19.9 Å². The molecule has 0 atom stereocenters. The summed E-state index contributed by atoms with van der Waals surface area (Å²) in [6.07, 6.45) is 12.6. The third-order valence-electron chi connectivity index (χ3n) is 5.53. The van der Waals surface area contributed by atoms with E-state index in [0.29, 0.717) is 23.2 Å². The van der Waals surface area contributed by atoms with Crippen LogP contribution >= 0.6 is 0 Å². The second-order valence-electron chi connectivity index (χ2n) is 8.36. The van der Waals surface area contributed by atoms with Crippen molar-refractivity contribution in [3.05, 3.63) is 67.6 Å². The normalized spacial score (nSPS) is 11.5. The molecule has 34 heavy (non-hydrogen) atoms. The minimum Gasteiger partial charge on any atom is -0.382 e. The molecule has 0 saturated heterocycles. The van der Waals surface area contributed by atoms with Crippen LogP contribution in [0.4, 0.5) is 5.69 Å². The van der Waals surface area contributed by atoms with E-state index in [4.69, 9.17) is 4.98 Å². The van der Waals surface area contributed by atoms with Gasteiger partial charge < -0.3 is 10.3 Å². The Morgan fingerprint density at radius 2 is 1.74 bits per heavy atom. The fraction of sp³-hybridized carbons (Fsp3) is 0.120. The van der Waals surface area contributed by atoms with Gasteiger partial charge in [-0.15, -0.1) is 0 Å². The van der Waals surface area contributed by atoms with E-state index in [9.17, 15) is 0 Å². The largest absolute Gasteiger partial charge is 0.382 e. The Morgan fingerprint density at radius 3 is 2.59 bits per heavy atom. The van der Waals surface area contributed by atoms with Gasteiger partial charge in [-0.2, -0.15) is 5.10 Å². The van der Waals surface area contributed by atoms with Crippen molar-refractivity contribution in [1.82, 2.24) is 40.1 Å². The summed E-state index contributed by atoms with van der Waals surface area (Å²) in [6.45, 7) is 4.20. The Morgan fingerprint density at radius 1 is 0.882 bits per heavy atom. The minimum absolute atomic E-state index is 0.317. The van der Waals surface area contributed by atoms with E-state index in [1.807, 2.05) is 30.7 Å². The highest BCUT2D eigenvalue weighted by Crippen LogP contribution is 2.32. The molecule has 6 aromatic rings. The van der Waals surface area contributed by atoms with E-state index in [2.05, 4.69) is 66.4 Å². The summed E-state index contributed by atoms with van der Waals surface area (Å²) >= 11 is 0. The van der Waals surface area contributed by atoms with Crippen LogP contribution < -0.4 is 5.32 Å². The summed E-state index contributed by atoms with van der Waals surface area (Å²) in [4.78, 5) is 25.8. The molecular weight excluding hydrogens is 426 g/mol. The van der Waals surface area contributed by atoms with Crippen molar-refractivity contribution in [3.8, 4) is 33.8 Å². The van der Waals surface area contributed by atoms with Crippen molar-refractivity contribution in [2.75, 3.05) is 5.32 Å². The van der Waals surface area contributed by atoms with Gasteiger partial charge >= 0.3 is 0 Å². The van der Waals surface area contributed by atoms with Crippen LogP contribution in [-0.4, -0.2) is 46.1 Å². The average molecular weight is 448 g/mol. The maximum atomic E-state index is 4.87. The zero-order valence-electron chi connectivity index (χ0n) is 18.6. The van der Waals surface area contributed by atoms with Crippen LogP contribution in [0.5, 0.6) is 0 Å². The first-order chi connectivity index (χ1) is 16.7. The number of pyridine rings is 4. The lowest BCUT2D eigenvalue weighted by Crippen LogP contribution is -2.09. The number of imidazole rings is 1. The molecule has 0 radical (unpaired) electrons. The molecule has 0 aliphatic carbocycles. The number of nitrogens with zero attached hydrogens (tertiary/aromatic N) is 6. The molecule has 9 heteroatoms. The van der Waals surface area contributed by atoms with Crippen molar-refractivity contribution in [3.63, 3.8) is 0 Å². The van der Waals surface area contributed by atoms with Gasteiger partial charge in [0.05, 0.1) is 22.8 Å². The number of H-pyrrole nitrogens is 2. The van der Waals surface area contributed by atoms with Gasteiger partial charge in [-0.05, 0) is 32.0 Å². The Kier molecular flexibility index (Phi) is 4.72. The van der Waals surface area contributed by atoms with Crippen molar-refractivity contribution < 1.29 is 0 Å². The maximum Gasteiger partial charge on any atom is 0.159 e. The summed E-state index contributed by atoms with van der Waals surface area (Å²) in [5, 5.41) is 11.8. The quantitative estimate of drug-likeness (QED) is 0.346. The molecule has 0 aromatic carbocycles. The van der Waals surface area contributed by atoms with Crippen LogP contribution in [-0.2, 0) is 0 Å². The molecule has 9 nitrogen and oxygen atoms in total. The molecule has 3 N–H and O–H groups in total. The van der Waals surface area contributed by atoms with Crippen LogP contribution in [0, 0.1) is 0 Å². The van der Waals surface area contributed by atoms with Gasteiger partial charge in [0.2, 0.25) is 0 Å². The Bertz CT molecular complexity index is 1620. The third kappa shape index (κ3) is 3.53. The SMILES string of the molecule is CC(C)Nc1cncc(-c2cnc3[nH]nc(-c4nc5c(-c6cccnc6)cncc5[nH]4)c3c2)c1. The summed E-state index contributed by atoms with van der Waals surface area (Å²) in [5.74, 6) is 0.645. The molecule has 0 aliphatic rings. The molecule has 0 bridgehead atoms. The molecule has 6 aromatic heterocycles. The molecule has 6 rings (SSSR count). The molecule has 166 valence electrons. The predicted molar refractivity (Wildman–Crippen MR) is 132 cm³/mol. The number of rotatable bonds is 5. The molecule has 0 spiro atoms. The third-order valence-corrected chi connectivity index (χ3v) is 5.53. The van der Waals surface area contributed by atoms with Gasteiger partial charge in [0, 0.05) is 65.5 Å². The van der Waals surface area contributed by atoms with E-state index in [-0.39, 0.29) is 0 Å². The first kappa shape index (κ1) is 20.0. The maximum absolute atomic E-state index is 4.87. The number of fused-ring (bicyclic) bond motifs is 2. The second-order valence-corrected chi connectivity index (χ2v) is 8.36. The molecule has 0 fully saturated rings. The fourth-order valence-corrected chi connectivity index (χ4v) is 4.03. The Hall–Kier alpha value is -4.66.